The molecule has 0 aliphatic carbocycles. The van der Waals surface area contributed by atoms with Crippen molar-refractivity contribution in [3.8, 4) is 5.75 Å². The van der Waals surface area contributed by atoms with Gasteiger partial charge in [0.25, 0.3) is 0 Å². The maximum Gasteiger partial charge on any atom is 0.129 e. The lowest BCUT2D eigenvalue weighted by Gasteiger charge is -2.04. The van der Waals surface area contributed by atoms with E-state index in [1.54, 1.807) is 17.8 Å². The van der Waals surface area contributed by atoms with Gasteiger partial charge in [-0.2, -0.15) is 0 Å². The molecule has 1 aromatic carbocycles. The Hall–Kier alpha value is -1.48. The number of hydrogen-bond acceptors (Lipinski definition) is 3. The van der Waals surface area contributed by atoms with Crippen molar-refractivity contribution >= 4 is 11.8 Å². The van der Waals surface area contributed by atoms with Crippen molar-refractivity contribution in [2.45, 2.75) is 17.6 Å². The topological polar surface area (TPSA) is 33.1 Å². The Kier molecular flexibility index (Phi) is 3.47. The fraction of sp³-hybridized carbons (Fsp3) is 0.154. The number of nitrogens with zero attached hydrogens (tertiary/aromatic N) is 1. The third kappa shape index (κ3) is 2.76. The smallest absolute Gasteiger partial charge is 0.129 e. The van der Waals surface area contributed by atoms with E-state index < -0.39 is 0 Å². The van der Waals surface area contributed by atoms with E-state index in [4.69, 9.17) is 0 Å². The predicted octanol–water partition coefficient (Wildman–Crippen LogP) is 3.39. The maximum absolute atomic E-state index is 9.60. The number of phenols is 1. The third-order valence-electron chi connectivity index (χ3n) is 2.19. The van der Waals surface area contributed by atoms with Crippen LogP contribution in [0.15, 0.2) is 47.4 Å². The molecule has 0 fully saturated rings. The molecule has 0 saturated heterocycles. The van der Waals surface area contributed by atoms with Crippen molar-refractivity contribution in [2.75, 3.05) is 0 Å². The quantitative estimate of drug-likeness (QED) is 0.822. The van der Waals surface area contributed by atoms with Crippen LogP contribution in [-0.4, -0.2) is 10.1 Å². The number of aryl methyl sites for hydroxylation is 1. The largest absolute Gasteiger partial charge is 0.507 e. The van der Waals surface area contributed by atoms with Crippen LogP contribution in [0.4, 0.5) is 0 Å². The molecule has 0 aliphatic rings. The average Bonchev–Trinajstić information content (AvgIpc) is 2.28. The van der Waals surface area contributed by atoms with E-state index in [0.29, 0.717) is 5.75 Å². The summed E-state index contributed by atoms with van der Waals surface area (Å²) >= 11 is 1.60. The summed E-state index contributed by atoms with van der Waals surface area (Å²) in [5, 5.41) is 9.60. The van der Waals surface area contributed by atoms with Crippen LogP contribution in [0.3, 0.4) is 0 Å². The van der Waals surface area contributed by atoms with Crippen molar-refractivity contribution < 1.29 is 5.11 Å². The fourth-order valence-electron chi connectivity index (χ4n) is 1.41. The molecule has 2 rings (SSSR count). The molecule has 0 spiro atoms. The summed E-state index contributed by atoms with van der Waals surface area (Å²) in [5.74, 6) is 1.11. The first-order valence-corrected chi connectivity index (χ1v) is 6.07. The van der Waals surface area contributed by atoms with Crippen molar-refractivity contribution in [1.29, 1.82) is 0 Å². The van der Waals surface area contributed by atoms with Crippen molar-refractivity contribution in [2.24, 2.45) is 0 Å². The van der Waals surface area contributed by atoms with Crippen LogP contribution in [0.1, 0.15) is 11.4 Å². The lowest BCUT2D eigenvalue weighted by Crippen LogP contribution is -1.88. The molecule has 0 saturated carbocycles. The van der Waals surface area contributed by atoms with Gasteiger partial charge in [0.15, 0.2) is 0 Å². The molecule has 0 unspecified atom stereocenters. The minimum atomic E-state index is 0.333. The van der Waals surface area contributed by atoms with Crippen LogP contribution in [0.25, 0.3) is 0 Å². The van der Waals surface area contributed by atoms with Crippen LogP contribution >= 0.6 is 11.8 Å². The Morgan fingerprint density at radius 3 is 2.69 bits per heavy atom. The third-order valence-corrected chi connectivity index (χ3v) is 3.28. The Morgan fingerprint density at radius 1 is 1.12 bits per heavy atom. The minimum Gasteiger partial charge on any atom is -0.507 e. The highest BCUT2D eigenvalue weighted by molar-refractivity contribution is 7.98. The van der Waals surface area contributed by atoms with Gasteiger partial charge in [-0.1, -0.05) is 18.2 Å². The van der Waals surface area contributed by atoms with Crippen LogP contribution < -0.4 is 0 Å². The number of para-hydroxylation sites is 1. The molecular weight excluding hydrogens is 218 g/mol. The number of benzene rings is 1. The van der Waals surface area contributed by atoms with Gasteiger partial charge in [-0.25, -0.2) is 0 Å². The summed E-state index contributed by atoms with van der Waals surface area (Å²) in [6.45, 7) is 1.98. The van der Waals surface area contributed by atoms with E-state index in [2.05, 4.69) is 4.98 Å². The molecule has 0 atom stereocenters. The molecule has 0 bridgehead atoms. The summed E-state index contributed by atoms with van der Waals surface area (Å²) in [5.41, 5.74) is 2.06. The first-order chi connectivity index (χ1) is 7.75. The monoisotopic (exact) mass is 231 g/mol. The summed E-state index contributed by atoms with van der Waals surface area (Å²) in [7, 11) is 0. The summed E-state index contributed by atoms with van der Waals surface area (Å²) in [4.78, 5) is 5.31. The Labute approximate surface area is 99.4 Å². The molecule has 1 aromatic heterocycles. The normalized spacial score (nSPS) is 10.3. The highest BCUT2D eigenvalue weighted by Crippen LogP contribution is 2.29. The zero-order chi connectivity index (χ0) is 11.4. The Morgan fingerprint density at radius 2 is 1.94 bits per heavy atom. The minimum absolute atomic E-state index is 0.333. The molecule has 3 heteroatoms. The number of aromatic hydroxyl groups is 1. The maximum atomic E-state index is 9.60. The van der Waals surface area contributed by atoms with Crippen molar-refractivity contribution in [3.63, 3.8) is 0 Å². The van der Waals surface area contributed by atoms with Crippen LogP contribution in [-0.2, 0) is 5.75 Å². The van der Waals surface area contributed by atoms with Crippen molar-refractivity contribution in [1.82, 2.24) is 4.98 Å². The average molecular weight is 231 g/mol. The Bertz CT molecular complexity index is 485. The zero-order valence-electron chi connectivity index (χ0n) is 9.05. The molecule has 16 heavy (non-hydrogen) atoms. The molecule has 0 aliphatic heterocycles. The predicted molar refractivity (Wildman–Crippen MR) is 66.6 cm³/mol. The molecule has 2 aromatic rings. The number of hydrogen-bond donors (Lipinski definition) is 1. The summed E-state index contributed by atoms with van der Waals surface area (Å²) < 4.78 is 0. The second-order valence-electron chi connectivity index (χ2n) is 3.53. The number of phenolic OH excluding ortho intramolecular Hbond substituents is 1. The highest BCUT2D eigenvalue weighted by Gasteiger charge is 2.01. The van der Waals surface area contributed by atoms with Gasteiger partial charge in [0, 0.05) is 16.3 Å². The Balaban J connectivity index is 2.05. The first kappa shape index (κ1) is 11.0. The van der Waals surface area contributed by atoms with Crippen LogP contribution in [0.5, 0.6) is 5.75 Å². The number of thioether (sulfide) groups is 1. The van der Waals surface area contributed by atoms with Gasteiger partial charge in [0.2, 0.25) is 0 Å². The van der Waals surface area contributed by atoms with Gasteiger partial charge in [-0.3, -0.25) is 4.98 Å². The van der Waals surface area contributed by atoms with E-state index in [-0.39, 0.29) is 0 Å². The number of pyridine rings is 1. The number of rotatable bonds is 3. The van der Waals surface area contributed by atoms with Gasteiger partial charge in [0.1, 0.15) is 5.75 Å². The van der Waals surface area contributed by atoms with Gasteiger partial charge in [-0.15, -0.1) is 11.8 Å². The van der Waals surface area contributed by atoms with Gasteiger partial charge >= 0.3 is 0 Å². The van der Waals surface area contributed by atoms with E-state index in [1.165, 1.54) is 0 Å². The second kappa shape index (κ2) is 5.03. The second-order valence-corrected chi connectivity index (χ2v) is 4.54. The number of aromatic nitrogens is 1. The molecule has 1 N–H and O–H groups in total. The highest BCUT2D eigenvalue weighted by atomic mass is 32.2. The molecule has 1 heterocycles. The molecule has 2 nitrogen and oxygen atoms in total. The summed E-state index contributed by atoms with van der Waals surface area (Å²) in [6, 6.07) is 13.3. The van der Waals surface area contributed by atoms with Crippen LogP contribution in [0, 0.1) is 6.92 Å². The molecule has 82 valence electrons. The SMILES string of the molecule is Cc1cccc(CSc2ccccc2O)n1. The van der Waals surface area contributed by atoms with Gasteiger partial charge in [-0.05, 0) is 31.2 Å². The molecular formula is C13H13NOS. The molecule has 0 amide bonds. The lowest BCUT2D eigenvalue weighted by atomic mass is 10.3. The lowest BCUT2D eigenvalue weighted by molar-refractivity contribution is 0.462. The standard InChI is InChI=1S/C13H13NOS/c1-10-5-4-6-11(14-10)9-16-13-8-3-2-7-12(13)15/h2-8,15H,9H2,1H3. The van der Waals surface area contributed by atoms with Crippen molar-refractivity contribution in [3.05, 3.63) is 53.9 Å². The molecule has 0 radical (unpaired) electrons. The van der Waals surface area contributed by atoms with E-state index in [1.807, 2.05) is 43.3 Å². The van der Waals surface area contributed by atoms with Crippen LogP contribution in [0.2, 0.25) is 0 Å². The zero-order valence-corrected chi connectivity index (χ0v) is 9.87. The summed E-state index contributed by atoms with van der Waals surface area (Å²) in [6.07, 6.45) is 0. The van der Waals surface area contributed by atoms with E-state index in [0.717, 1.165) is 22.0 Å². The first-order valence-electron chi connectivity index (χ1n) is 5.09. The van der Waals surface area contributed by atoms with Gasteiger partial charge < -0.3 is 5.11 Å². The van der Waals surface area contributed by atoms with E-state index >= 15 is 0 Å². The van der Waals surface area contributed by atoms with E-state index in [9.17, 15) is 5.11 Å². The fourth-order valence-corrected chi connectivity index (χ4v) is 2.27. The van der Waals surface area contributed by atoms with Gasteiger partial charge in [0.05, 0.1) is 5.69 Å².